The maximum absolute atomic E-state index is 5.52. The number of rotatable bonds is 6. The standard InChI is InChI=1S/C11H21N5/c1-4-16(5-2)8-9(3)14-10-6-7-13-11(12)15-10/h6-7,9H,4-5,8H2,1-3H3,(H3,12,13,14,15). The van der Waals surface area contributed by atoms with Crippen LogP contribution in [-0.2, 0) is 0 Å². The van der Waals surface area contributed by atoms with Crippen LogP contribution in [0.4, 0.5) is 11.8 Å². The Morgan fingerprint density at radius 1 is 1.44 bits per heavy atom. The Labute approximate surface area is 97.1 Å². The van der Waals surface area contributed by atoms with E-state index in [4.69, 9.17) is 5.73 Å². The number of anilines is 2. The van der Waals surface area contributed by atoms with Gasteiger partial charge in [-0.15, -0.1) is 0 Å². The summed E-state index contributed by atoms with van der Waals surface area (Å²) in [5.41, 5.74) is 5.52. The van der Waals surface area contributed by atoms with Crippen LogP contribution in [0.25, 0.3) is 0 Å². The van der Waals surface area contributed by atoms with Crippen molar-refractivity contribution in [1.82, 2.24) is 14.9 Å². The van der Waals surface area contributed by atoms with Crippen molar-refractivity contribution in [3.8, 4) is 0 Å². The fourth-order valence-electron chi connectivity index (χ4n) is 1.62. The zero-order chi connectivity index (χ0) is 12.0. The predicted octanol–water partition coefficient (Wildman–Crippen LogP) is 1.20. The van der Waals surface area contributed by atoms with E-state index in [0.29, 0.717) is 12.0 Å². The Morgan fingerprint density at radius 3 is 2.69 bits per heavy atom. The Balaban J connectivity index is 2.47. The van der Waals surface area contributed by atoms with E-state index in [0.717, 1.165) is 25.5 Å². The number of likely N-dealkylation sites (N-methyl/N-ethyl adjacent to an activating group) is 1. The normalized spacial score (nSPS) is 12.8. The summed E-state index contributed by atoms with van der Waals surface area (Å²) in [4.78, 5) is 10.3. The highest BCUT2D eigenvalue weighted by atomic mass is 15.2. The molecular weight excluding hydrogens is 202 g/mol. The van der Waals surface area contributed by atoms with Crippen LogP contribution in [0.5, 0.6) is 0 Å². The smallest absolute Gasteiger partial charge is 0.221 e. The predicted molar refractivity (Wildman–Crippen MR) is 67.3 cm³/mol. The minimum absolute atomic E-state index is 0.306. The van der Waals surface area contributed by atoms with Crippen LogP contribution in [0, 0.1) is 0 Å². The molecule has 0 amide bonds. The van der Waals surface area contributed by atoms with Gasteiger partial charge in [-0.3, -0.25) is 0 Å². The van der Waals surface area contributed by atoms with E-state index in [1.165, 1.54) is 0 Å². The highest BCUT2D eigenvalue weighted by Gasteiger charge is 2.07. The molecule has 0 spiro atoms. The van der Waals surface area contributed by atoms with Crippen LogP contribution in [-0.4, -0.2) is 40.5 Å². The number of nitrogens with zero attached hydrogens (tertiary/aromatic N) is 3. The van der Waals surface area contributed by atoms with Crippen molar-refractivity contribution >= 4 is 11.8 Å². The molecule has 1 unspecified atom stereocenters. The van der Waals surface area contributed by atoms with Crippen LogP contribution in [0.3, 0.4) is 0 Å². The first kappa shape index (κ1) is 12.7. The minimum atomic E-state index is 0.306. The van der Waals surface area contributed by atoms with Crippen molar-refractivity contribution in [1.29, 1.82) is 0 Å². The van der Waals surface area contributed by atoms with Gasteiger partial charge in [0.25, 0.3) is 0 Å². The molecule has 1 rings (SSSR count). The zero-order valence-electron chi connectivity index (χ0n) is 10.3. The summed E-state index contributed by atoms with van der Waals surface area (Å²) in [5.74, 6) is 1.09. The van der Waals surface area contributed by atoms with Gasteiger partial charge in [-0.2, -0.15) is 4.98 Å². The molecular formula is C11H21N5. The second-order valence-electron chi connectivity index (χ2n) is 3.83. The lowest BCUT2D eigenvalue weighted by atomic mass is 10.3. The molecule has 1 aromatic rings. The van der Waals surface area contributed by atoms with Crippen LogP contribution in [0.2, 0.25) is 0 Å². The lowest BCUT2D eigenvalue weighted by molar-refractivity contribution is 0.294. The molecule has 1 atom stereocenters. The average Bonchev–Trinajstić information content (AvgIpc) is 2.26. The van der Waals surface area contributed by atoms with Gasteiger partial charge in [0.2, 0.25) is 5.95 Å². The van der Waals surface area contributed by atoms with Gasteiger partial charge in [-0.05, 0) is 26.1 Å². The Bertz CT molecular complexity index is 311. The van der Waals surface area contributed by atoms with Gasteiger partial charge in [0.05, 0.1) is 0 Å². The van der Waals surface area contributed by atoms with E-state index in [1.807, 2.05) is 6.07 Å². The molecule has 0 radical (unpaired) electrons. The summed E-state index contributed by atoms with van der Waals surface area (Å²) < 4.78 is 0. The highest BCUT2D eigenvalue weighted by Crippen LogP contribution is 2.05. The van der Waals surface area contributed by atoms with E-state index in [1.54, 1.807) is 6.20 Å². The molecule has 1 heterocycles. The van der Waals surface area contributed by atoms with E-state index >= 15 is 0 Å². The molecule has 16 heavy (non-hydrogen) atoms. The van der Waals surface area contributed by atoms with Gasteiger partial charge in [0.15, 0.2) is 0 Å². The van der Waals surface area contributed by atoms with Crippen LogP contribution < -0.4 is 11.1 Å². The number of aromatic nitrogens is 2. The first-order valence-corrected chi connectivity index (χ1v) is 5.73. The molecule has 0 aliphatic carbocycles. The van der Waals surface area contributed by atoms with Gasteiger partial charge in [0, 0.05) is 18.8 Å². The van der Waals surface area contributed by atoms with Gasteiger partial charge in [0.1, 0.15) is 5.82 Å². The van der Waals surface area contributed by atoms with E-state index < -0.39 is 0 Å². The monoisotopic (exact) mass is 223 g/mol. The van der Waals surface area contributed by atoms with Crippen molar-refractivity contribution in [2.24, 2.45) is 0 Å². The van der Waals surface area contributed by atoms with Crippen molar-refractivity contribution < 1.29 is 0 Å². The third-order valence-corrected chi connectivity index (χ3v) is 2.49. The van der Waals surface area contributed by atoms with Gasteiger partial charge >= 0.3 is 0 Å². The highest BCUT2D eigenvalue weighted by molar-refractivity contribution is 5.38. The zero-order valence-corrected chi connectivity index (χ0v) is 10.3. The second kappa shape index (κ2) is 6.27. The average molecular weight is 223 g/mol. The summed E-state index contributed by atoms with van der Waals surface area (Å²) in [6, 6.07) is 2.17. The van der Waals surface area contributed by atoms with Gasteiger partial charge < -0.3 is 16.0 Å². The minimum Gasteiger partial charge on any atom is -0.368 e. The van der Waals surface area contributed by atoms with Crippen molar-refractivity contribution in [2.45, 2.75) is 26.8 Å². The van der Waals surface area contributed by atoms with Gasteiger partial charge in [-0.1, -0.05) is 13.8 Å². The molecule has 90 valence electrons. The number of hydrogen-bond acceptors (Lipinski definition) is 5. The summed E-state index contributed by atoms with van der Waals surface area (Å²) in [5, 5.41) is 3.31. The molecule has 0 saturated heterocycles. The fourth-order valence-corrected chi connectivity index (χ4v) is 1.62. The summed E-state index contributed by atoms with van der Waals surface area (Å²) in [6.45, 7) is 9.59. The van der Waals surface area contributed by atoms with Crippen molar-refractivity contribution in [2.75, 3.05) is 30.7 Å². The molecule has 3 N–H and O–H groups in total. The fraction of sp³-hybridized carbons (Fsp3) is 0.636. The lowest BCUT2D eigenvalue weighted by Gasteiger charge is -2.23. The largest absolute Gasteiger partial charge is 0.368 e. The molecule has 0 fully saturated rings. The topological polar surface area (TPSA) is 67.1 Å². The summed E-state index contributed by atoms with van der Waals surface area (Å²) in [7, 11) is 0. The third kappa shape index (κ3) is 4.02. The van der Waals surface area contributed by atoms with Crippen LogP contribution >= 0.6 is 0 Å². The molecule has 0 aromatic carbocycles. The number of hydrogen-bond donors (Lipinski definition) is 2. The molecule has 0 bridgehead atoms. The summed E-state index contributed by atoms with van der Waals surface area (Å²) >= 11 is 0. The maximum Gasteiger partial charge on any atom is 0.221 e. The van der Waals surface area contributed by atoms with E-state index in [-0.39, 0.29) is 0 Å². The number of nitrogen functional groups attached to an aromatic ring is 1. The Morgan fingerprint density at radius 2 is 2.12 bits per heavy atom. The lowest BCUT2D eigenvalue weighted by Crippen LogP contribution is -2.34. The quantitative estimate of drug-likeness (QED) is 0.758. The van der Waals surface area contributed by atoms with Crippen LogP contribution in [0.15, 0.2) is 12.3 Å². The van der Waals surface area contributed by atoms with Gasteiger partial charge in [-0.25, -0.2) is 4.98 Å². The SMILES string of the molecule is CCN(CC)CC(C)Nc1ccnc(N)n1. The first-order valence-electron chi connectivity index (χ1n) is 5.73. The Kier molecular flexibility index (Phi) is 4.98. The number of nitrogens with one attached hydrogen (secondary N) is 1. The molecule has 0 aliphatic heterocycles. The summed E-state index contributed by atoms with van der Waals surface area (Å²) in [6.07, 6.45) is 1.66. The first-order chi connectivity index (χ1) is 7.65. The second-order valence-corrected chi connectivity index (χ2v) is 3.83. The number of nitrogens with two attached hydrogens (primary N) is 1. The molecule has 0 saturated carbocycles. The molecule has 5 heteroatoms. The van der Waals surface area contributed by atoms with E-state index in [9.17, 15) is 0 Å². The van der Waals surface area contributed by atoms with Crippen molar-refractivity contribution in [3.63, 3.8) is 0 Å². The molecule has 1 aromatic heterocycles. The van der Waals surface area contributed by atoms with E-state index in [2.05, 4.69) is 41.0 Å². The molecule has 5 nitrogen and oxygen atoms in total. The Hall–Kier alpha value is -1.36. The molecule has 0 aliphatic rings. The van der Waals surface area contributed by atoms with Crippen molar-refractivity contribution in [3.05, 3.63) is 12.3 Å². The maximum atomic E-state index is 5.52. The third-order valence-electron chi connectivity index (χ3n) is 2.49. The van der Waals surface area contributed by atoms with Crippen LogP contribution in [0.1, 0.15) is 20.8 Å².